The van der Waals surface area contributed by atoms with Crippen LogP contribution < -0.4 is 0 Å². The van der Waals surface area contributed by atoms with Gasteiger partial charge in [0, 0.05) is 24.2 Å². The van der Waals surface area contributed by atoms with Gasteiger partial charge in [0.25, 0.3) is 0 Å². The van der Waals surface area contributed by atoms with Crippen LogP contribution in [-0.2, 0) is 6.42 Å². The molecule has 0 radical (unpaired) electrons. The number of carboxylic acid groups (broad SMARTS) is 1. The standard InChI is InChI=1S/C16H13N3O2S/c1-22-16-17-8-10(9-18-16)6-11-7-14(15(20)21)19-13-5-3-2-4-12(11)13/h2-5,7-9H,6H2,1H3,(H,20,21). The van der Waals surface area contributed by atoms with E-state index in [9.17, 15) is 9.90 Å². The highest BCUT2D eigenvalue weighted by Crippen LogP contribution is 2.21. The minimum absolute atomic E-state index is 0.0513. The summed E-state index contributed by atoms with van der Waals surface area (Å²) in [6, 6.07) is 9.15. The van der Waals surface area contributed by atoms with Crippen LogP contribution in [-0.4, -0.2) is 32.3 Å². The minimum atomic E-state index is -1.03. The number of hydrogen-bond acceptors (Lipinski definition) is 5. The molecule has 110 valence electrons. The molecule has 0 saturated heterocycles. The topological polar surface area (TPSA) is 76.0 Å². The molecule has 0 spiro atoms. The highest BCUT2D eigenvalue weighted by Gasteiger charge is 2.11. The van der Waals surface area contributed by atoms with Crippen LogP contribution in [0.4, 0.5) is 0 Å². The lowest BCUT2D eigenvalue weighted by Gasteiger charge is -2.08. The Hall–Kier alpha value is -2.47. The van der Waals surface area contributed by atoms with Gasteiger partial charge in [-0.3, -0.25) is 0 Å². The number of aromatic carboxylic acids is 1. The zero-order valence-corrected chi connectivity index (χ0v) is 12.7. The van der Waals surface area contributed by atoms with Crippen molar-refractivity contribution in [1.29, 1.82) is 0 Å². The van der Waals surface area contributed by atoms with Crippen molar-refractivity contribution in [3.8, 4) is 0 Å². The zero-order valence-electron chi connectivity index (χ0n) is 11.9. The third kappa shape index (κ3) is 2.92. The van der Waals surface area contributed by atoms with Crippen LogP contribution in [0.5, 0.6) is 0 Å². The van der Waals surface area contributed by atoms with Gasteiger partial charge in [0.1, 0.15) is 5.69 Å². The summed E-state index contributed by atoms with van der Waals surface area (Å²) < 4.78 is 0. The minimum Gasteiger partial charge on any atom is -0.477 e. The molecule has 1 aromatic carbocycles. The van der Waals surface area contributed by atoms with Crippen LogP contribution in [0.25, 0.3) is 10.9 Å². The van der Waals surface area contributed by atoms with E-state index in [1.807, 2.05) is 30.5 Å². The van der Waals surface area contributed by atoms with Gasteiger partial charge in [-0.1, -0.05) is 30.0 Å². The van der Waals surface area contributed by atoms with E-state index in [0.29, 0.717) is 11.9 Å². The number of para-hydroxylation sites is 1. The smallest absolute Gasteiger partial charge is 0.354 e. The molecule has 1 N–H and O–H groups in total. The maximum atomic E-state index is 11.2. The lowest BCUT2D eigenvalue weighted by atomic mass is 10.0. The lowest BCUT2D eigenvalue weighted by molar-refractivity contribution is 0.0691. The summed E-state index contributed by atoms with van der Waals surface area (Å²) in [5.74, 6) is -1.03. The largest absolute Gasteiger partial charge is 0.477 e. The summed E-state index contributed by atoms with van der Waals surface area (Å²) in [5, 5.41) is 10.9. The van der Waals surface area contributed by atoms with E-state index in [0.717, 1.165) is 21.7 Å². The summed E-state index contributed by atoms with van der Waals surface area (Å²) in [6.07, 6.45) is 6.03. The Morgan fingerprint density at radius 3 is 2.64 bits per heavy atom. The van der Waals surface area contributed by atoms with E-state index in [-0.39, 0.29) is 5.69 Å². The predicted octanol–water partition coefficient (Wildman–Crippen LogP) is 3.04. The van der Waals surface area contributed by atoms with Crippen LogP contribution in [0.15, 0.2) is 47.9 Å². The van der Waals surface area contributed by atoms with Gasteiger partial charge in [-0.05, 0) is 29.5 Å². The molecular weight excluding hydrogens is 298 g/mol. The van der Waals surface area contributed by atoms with Gasteiger partial charge in [-0.15, -0.1) is 0 Å². The molecule has 0 aliphatic rings. The van der Waals surface area contributed by atoms with Crippen molar-refractivity contribution in [1.82, 2.24) is 15.0 Å². The molecular formula is C16H13N3O2S. The molecule has 0 aliphatic carbocycles. The number of thioether (sulfide) groups is 1. The second-order valence-electron chi connectivity index (χ2n) is 4.74. The Morgan fingerprint density at radius 2 is 1.95 bits per heavy atom. The number of aromatic nitrogens is 3. The van der Waals surface area contributed by atoms with Gasteiger partial charge in [0.05, 0.1) is 5.52 Å². The summed E-state index contributed by atoms with van der Waals surface area (Å²) in [5.41, 5.74) is 2.57. The Balaban J connectivity index is 2.05. The van der Waals surface area contributed by atoms with Crippen LogP contribution in [0, 0.1) is 0 Å². The summed E-state index contributed by atoms with van der Waals surface area (Å²) in [6.45, 7) is 0. The molecule has 3 rings (SSSR count). The van der Waals surface area contributed by atoms with Crippen molar-refractivity contribution in [2.24, 2.45) is 0 Å². The van der Waals surface area contributed by atoms with Gasteiger partial charge in [0.2, 0.25) is 0 Å². The first-order valence-corrected chi connectivity index (χ1v) is 7.86. The summed E-state index contributed by atoms with van der Waals surface area (Å²) >= 11 is 1.48. The number of fused-ring (bicyclic) bond motifs is 1. The monoisotopic (exact) mass is 311 g/mol. The van der Waals surface area contributed by atoms with Crippen LogP contribution in [0.1, 0.15) is 21.6 Å². The van der Waals surface area contributed by atoms with Crippen LogP contribution >= 0.6 is 11.8 Å². The second-order valence-corrected chi connectivity index (χ2v) is 5.52. The number of pyridine rings is 1. The van der Waals surface area contributed by atoms with E-state index in [1.165, 1.54) is 11.8 Å². The molecule has 0 unspecified atom stereocenters. The Bertz CT molecular complexity index is 834. The van der Waals surface area contributed by atoms with Gasteiger partial charge in [0.15, 0.2) is 5.16 Å². The maximum absolute atomic E-state index is 11.2. The molecule has 6 heteroatoms. The first-order chi connectivity index (χ1) is 10.7. The molecule has 3 aromatic rings. The molecule has 0 saturated carbocycles. The van der Waals surface area contributed by atoms with Crippen molar-refractivity contribution in [2.75, 3.05) is 6.26 Å². The summed E-state index contributed by atoms with van der Waals surface area (Å²) in [7, 11) is 0. The SMILES string of the molecule is CSc1ncc(Cc2cc(C(=O)O)nc3ccccc23)cn1. The third-order valence-electron chi connectivity index (χ3n) is 3.28. The molecule has 0 atom stereocenters. The van der Waals surface area contributed by atoms with E-state index >= 15 is 0 Å². The van der Waals surface area contributed by atoms with E-state index in [1.54, 1.807) is 18.5 Å². The Labute approximate surface area is 131 Å². The second kappa shape index (κ2) is 6.11. The first-order valence-electron chi connectivity index (χ1n) is 6.64. The van der Waals surface area contributed by atoms with Gasteiger partial charge in [-0.2, -0.15) is 0 Å². The highest BCUT2D eigenvalue weighted by atomic mass is 32.2. The van der Waals surface area contributed by atoms with Crippen LogP contribution in [0.3, 0.4) is 0 Å². The summed E-state index contributed by atoms with van der Waals surface area (Å²) in [4.78, 5) is 23.9. The Morgan fingerprint density at radius 1 is 1.23 bits per heavy atom. The van der Waals surface area contributed by atoms with Crippen molar-refractivity contribution in [2.45, 2.75) is 11.6 Å². The number of carboxylic acids is 1. The maximum Gasteiger partial charge on any atom is 0.354 e. The van der Waals surface area contributed by atoms with Gasteiger partial charge >= 0.3 is 5.97 Å². The van der Waals surface area contributed by atoms with Crippen molar-refractivity contribution in [3.05, 3.63) is 59.5 Å². The number of rotatable bonds is 4. The fourth-order valence-electron chi connectivity index (χ4n) is 2.26. The lowest BCUT2D eigenvalue weighted by Crippen LogP contribution is -2.03. The van der Waals surface area contributed by atoms with E-state index in [2.05, 4.69) is 15.0 Å². The molecule has 22 heavy (non-hydrogen) atoms. The third-order valence-corrected chi connectivity index (χ3v) is 3.86. The van der Waals surface area contributed by atoms with Crippen molar-refractivity contribution >= 4 is 28.6 Å². The zero-order chi connectivity index (χ0) is 15.5. The average Bonchev–Trinajstić information content (AvgIpc) is 2.55. The Kier molecular flexibility index (Phi) is 4.02. The quantitative estimate of drug-likeness (QED) is 0.589. The van der Waals surface area contributed by atoms with Crippen molar-refractivity contribution < 1.29 is 9.90 Å². The van der Waals surface area contributed by atoms with Gasteiger partial charge in [-0.25, -0.2) is 19.7 Å². The number of benzene rings is 1. The van der Waals surface area contributed by atoms with Crippen LogP contribution in [0.2, 0.25) is 0 Å². The van der Waals surface area contributed by atoms with Crippen molar-refractivity contribution in [3.63, 3.8) is 0 Å². The predicted molar refractivity (Wildman–Crippen MR) is 85.3 cm³/mol. The molecule has 0 amide bonds. The van der Waals surface area contributed by atoms with Gasteiger partial charge < -0.3 is 5.11 Å². The van der Waals surface area contributed by atoms with E-state index in [4.69, 9.17) is 0 Å². The number of nitrogens with zero attached hydrogens (tertiary/aromatic N) is 3. The fourth-order valence-corrected chi connectivity index (χ4v) is 2.58. The average molecular weight is 311 g/mol. The van der Waals surface area contributed by atoms with E-state index < -0.39 is 5.97 Å². The molecule has 2 heterocycles. The molecule has 2 aromatic heterocycles. The molecule has 5 nitrogen and oxygen atoms in total. The molecule has 0 aliphatic heterocycles. The normalized spacial score (nSPS) is 10.8. The number of carbonyl (C=O) groups is 1. The molecule has 0 fully saturated rings. The molecule has 0 bridgehead atoms. The highest BCUT2D eigenvalue weighted by molar-refractivity contribution is 7.98. The first kappa shape index (κ1) is 14.5. The fraction of sp³-hybridized carbons (Fsp3) is 0.125. The number of hydrogen-bond donors (Lipinski definition) is 1.